The molecular weight excluding hydrogens is 432 g/mol. The number of sulfonamides is 1. The number of rotatable bonds is 7. The Morgan fingerprint density at radius 3 is 2.50 bits per heavy atom. The number of carbonyl (C=O) groups is 2. The number of ether oxygens (including phenoxy) is 2. The highest BCUT2D eigenvalue weighted by atomic mass is 35.5. The van der Waals surface area contributed by atoms with Crippen LogP contribution in [0.3, 0.4) is 0 Å². The first-order chi connectivity index (χ1) is 14.4. The van der Waals surface area contributed by atoms with Gasteiger partial charge in [0.25, 0.3) is 5.91 Å². The third kappa shape index (κ3) is 5.79. The zero-order chi connectivity index (χ0) is 21.6. The van der Waals surface area contributed by atoms with Crippen LogP contribution in [0.4, 0.5) is 0 Å². The lowest BCUT2D eigenvalue weighted by Crippen LogP contribution is -2.40. The van der Waals surface area contributed by atoms with Crippen LogP contribution in [0.15, 0.2) is 53.4 Å². The van der Waals surface area contributed by atoms with Crippen LogP contribution in [0.25, 0.3) is 0 Å². The Morgan fingerprint density at radius 2 is 1.80 bits per heavy atom. The summed E-state index contributed by atoms with van der Waals surface area (Å²) in [4.78, 5) is 24.2. The molecule has 1 saturated heterocycles. The summed E-state index contributed by atoms with van der Waals surface area (Å²) in [5.74, 6) is -1.26. The van der Waals surface area contributed by atoms with Crippen LogP contribution in [-0.2, 0) is 30.8 Å². The van der Waals surface area contributed by atoms with Gasteiger partial charge in [-0.3, -0.25) is 4.79 Å². The highest BCUT2D eigenvalue weighted by Gasteiger charge is 2.27. The molecule has 1 amide bonds. The van der Waals surface area contributed by atoms with E-state index in [9.17, 15) is 18.0 Å². The summed E-state index contributed by atoms with van der Waals surface area (Å²) in [6.07, 6.45) is 0. The van der Waals surface area contributed by atoms with E-state index in [-0.39, 0.29) is 30.1 Å². The number of halogens is 1. The molecule has 0 bridgehead atoms. The Labute approximate surface area is 179 Å². The average molecular weight is 453 g/mol. The second-order valence-corrected chi connectivity index (χ2v) is 8.90. The minimum Gasteiger partial charge on any atom is -0.452 e. The minimum atomic E-state index is -3.73. The number of amides is 1. The third-order valence-corrected chi connectivity index (χ3v) is 6.56. The van der Waals surface area contributed by atoms with E-state index in [1.807, 2.05) is 0 Å². The van der Waals surface area contributed by atoms with Gasteiger partial charge in [0.1, 0.15) is 0 Å². The van der Waals surface area contributed by atoms with Crippen molar-refractivity contribution in [3.05, 3.63) is 64.7 Å². The van der Waals surface area contributed by atoms with Gasteiger partial charge in [-0.1, -0.05) is 29.8 Å². The minimum absolute atomic E-state index is 0.00830. The molecule has 0 radical (unpaired) electrons. The third-order valence-electron chi connectivity index (χ3n) is 4.41. The summed E-state index contributed by atoms with van der Waals surface area (Å²) in [6, 6.07) is 12.5. The van der Waals surface area contributed by atoms with Crippen molar-refractivity contribution >= 4 is 33.5 Å². The number of carbonyl (C=O) groups excluding carboxylic acids is 2. The van der Waals surface area contributed by atoms with E-state index in [4.69, 9.17) is 21.1 Å². The Bertz CT molecular complexity index is 1000. The van der Waals surface area contributed by atoms with E-state index in [0.29, 0.717) is 18.2 Å². The van der Waals surface area contributed by atoms with E-state index in [1.54, 1.807) is 24.3 Å². The molecule has 0 saturated carbocycles. The van der Waals surface area contributed by atoms with Gasteiger partial charge in [-0.15, -0.1) is 0 Å². The maximum atomic E-state index is 12.7. The van der Waals surface area contributed by atoms with Gasteiger partial charge in [0.2, 0.25) is 10.0 Å². The SMILES string of the molecule is O=C(COC(=O)c1cccc(S(=O)(=O)N2CCOCC2)c1)NCc1ccc(Cl)cc1. The van der Waals surface area contributed by atoms with Gasteiger partial charge in [-0.2, -0.15) is 4.31 Å². The van der Waals surface area contributed by atoms with Crippen LogP contribution in [0.5, 0.6) is 0 Å². The lowest BCUT2D eigenvalue weighted by atomic mass is 10.2. The van der Waals surface area contributed by atoms with Crippen LogP contribution in [0.1, 0.15) is 15.9 Å². The average Bonchev–Trinajstić information content (AvgIpc) is 2.77. The fourth-order valence-electron chi connectivity index (χ4n) is 2.79. The molecule has 8 nitrogen and oxygen atoms in total. The van der Waals surface area contributed by atoms with E-state index in [1.165, 1.54) is 28.6 Å². The molecule has 0 unspecified atom stereocenters. The largest absolute Gasteiger partial charge is 0.452 e. The molecule has 2 aromatic carbocycles. The monoisotopic (exact) mass is 452 g/mol. The number of hydrogen-bond donors (Lipinski definition) is 1. The van der Waals surface area contributed by atoms with Crippen molar-refractivity contribution in [2.45, 2.75) is 11.4 Å². The number of nitrogens with zero attached hydrogens (tertiary/aromatic N) is 1. The number of esters is 1. The van der Waals surface area contributed by atoms with Crippen LogP contribution in [0.2, 0.25) is 5.02 Å². The summed E-state index contributed by atoms with van der Waals surface area (Å²) in [5, 5.41) is 3.22. The first kappa shape index (κ1) is 22.2. The summed E-state index contributed by atoms with van der Waals surface area (Å²) < 4.78 is 36.9. The van der Waals surface area contributed by atoms with E-state index >= 15 is 0 Å². The van der Waals surface area contributed by atoms with Crippen LogP contribution < -0.4 is 5.32 Å². The van der Waals surface area contributed by atoms with E-state index < -0.39 is 28.5 Å². The first-order valence-electron chi connectivity index (χ1n) is 9.22. The van der Waals surface area contributed by atoms with Crippen molar-refractivity contribution in [1.29, 1.82) is 0 Å². The molecule has 0 spiro atoms. The second kappa shape index (κ2) is 10.0. The second-order valence-electron chi connectivity index (χ2n) is 6.52. The first-order valence-corrected chi connectivity index (χ1v) is 11.0. The van der Waals surface area contributed by atoms with Crippen molar-refractivity contribution in [1.82, 2.24) is 9.62 Å². The van der Waals surface area contributed by atoms with Gasteiger partial charge in [0, 0.05) is 24.7 Å². The van der Waals surface area contributed by atoms with Crippen molar-refractivity contribution in [3.63, 3.8) is 0 Å². The zero-order valence-electron chi connectivity index (χ0n) is 16.0. The molecule has 160 valence electrons. The summed E-state index contributed by atoms with van der Waals surface area (Å²) in [5.41, 5.74) is 0.898. The fraction of sp³-hybridized carbons (Fsp3) is 0.300. The molecule has 0 aliphatic carbocycles. The molecule has 1 fully saturated rings. The smallest absolute Gasteiger partial charge is 0.338 e. The molecule has 0 atom stereocenters. The molecule has 0 aromatic heterocycles. The number of benzene rings is 2. The number of nitrogens with one attached hydrogen (secondary N) is 1. The summed E-state index contributed by atoms with van der Waals surface area (Å²) in [7, 11) is -3.73. The number of hydrogen-bond acceptors (Lipinski definition) is 6. The fourth-order valence-corrected chi connectivity index (χ4v) is 4.37. The predicted octanol–water partition coefficient (Wildman–Crippen LogP) is 1.83. The summed E-state index contributed by atoms with van der Waals surface area (Å²) >= 11 is 5.81. The molecule has 1 N–H and O–H groups in total. The Hall–Kier alpha value is -2.46. The lowest BCUT2D eigenvalue weighted by Gasteiger charge is -2.26. The molecule has 10 heteroatoms. The zero-order valence-corrected chi connectivity index (χ0v) is 17.6. The van der Waals surface area contributed by atoms with Crippen molar-refractivity contribution in [3.8, 4) is 0 Å². The topological polar surface area (TPSA) is 102 Å². The van der Waals surface area contributed by atoms with Crippen LogP contribution >= 0.6 is 11.6 Å². The van der Waals surface area contributed by atoms with E-state index in [0.717, 1.165) is 5.56 Å². The van der Waals surface area contributed by atoms with Crippen molar-refractivity contribution < 1.29 is 27.5 Å². The van der Waals surface area contributed by atoms with Crippen molar-refractivity contribution in [2.75, 3.05) is 32.9 Å². The molecule has 1 aliphatic rings. The van der Waals surface area contributed by atoms with Crippen molar-refractivity contribution in [2.24, 2.45) is 0 Å². The van der Waals surface area contributed by atoms with Crippen LogP contribution in [-0.4, -0.2) is 57.5 Å². The molecule has 1 heterocycles. The van der Waals surface area contributed by atoms with Gasteiger partial charge >= 0.3 is 5.97 Å². The highest BCUT2D eigenvalue weighted by Crippen LogP contribution is 2.19. The van der Waals surface area contributed by atoms with E-state index in [2.05, 4.69) is 5.32 Å². The maximum absolute atomic E-state index is 12.7. The molecule has 1 aliphatic heterocycles. The Balaban J connectivity index is 1.55. The standard InChI is InChI=1S/C20H21ClN2O6S/c21-17-6-4-15(5-7-17)13-22-19(24)14-29-20(25)16-2-1-3-18(12-16)30(26,27)23-8-10-28-11-9-23/h1-7,12H,8-11,13-14H2,(H,22,24). The van der Waals surface area contributed by atoms with Gasteiger partial charge in [0.05, 0.1) is 23.7 Å². The quantitative estimate of drug-likeness (QED) is 0.643. The maximum Gasteiger partial charge on any atom is 0.338 e. The Morgan fingerprint density at radius 1 is 1.10 bits per heavy atom. The molecule has 30 heavy (non-hydrogen) atoms. The van der Waals surface area contributed by atoms with Gasteiger partial charge in [-0.05, 0) is 35.9 Å². The molecular formula is C20H21ClN2O6S. The molecule has 3 rings (SSSR count). The van der Waals surface area contributed by atoms with Gasteiger partial charge in [0.15, 0.2) is 6.61 Å². The van der Waals surface area contributed by atoms with Gasteiger partial charge in [-0.25, -0.2) is 13.2 Å². The highest BCUT2D eigenvalue weighted by molar-refractivity contribution is 7.89. The van der Waals surface area contributed by atoms with Gasteiger partial charge < -0.3 is 14.8 Å². The summed E-state index contributed by atoms with van der Waals surface area (Å²) in [6.45, 7) is 0.946. The lowest BCUT2D eigenvalue weighted by molar-refractivity contribution is -0.124. The number of morpholine rings is 1. The predicted molar refractivity (Wildman–Crippen MR) is 110 cm³/mol. The van der Waals surface area contributed by atoms with Crippen LogP contribution in [0, 0.1) is 0 Å². The molecule has 2 aromatic rings. The Kier molecular flexibility index (Phi) is 7.43. The normalized spacial score (nSPS) is 14.8.